The average Bonchev–Trinajstić information content (AvgIpc) is 2.87. The molecule has 216 valence electrons. The number of carbonyl (C=O) groups excluding carboxylic acids is 3. The van der Waals surface area contributed by atoms with E-state index in [-0.39, 0.29) is 34.9 Å². The zero-order valence-electron chi connectivity index (χ0n) is 24.8. The van der Waals surface area contributed by atoms with Crippen molar-refractivity contribution in [1.29, 1.82) is 0 Å². The number of rotatable bonds is 6. The fraction of sp³-hybridized carbons (Fsp3) is 0.441. The van der Waals surface area contributed by atoms with E-state index in [1.807, 2.05) is 31.2 Å². The van der Waals surface area contributed by atoms with Crippen LogP contribution in [-0.4, -0.2) is 35.5 Å². The van der Waals surface area contributed by atoms with Crippen molar-refractivity contribution in [3.63, 3.8) is 0 Å². The third-order valence-corrected chi connectivity index (χ3v) is 8.63. The third kappa shape index (κ3) is 5.72. The monoisotopic (exact) mass is 574 g/mol. The van der Waals surface area contributed by atoms with Crippen molar-refractivity contribution in [2.75, 3.05) is 18.5 Å². The van der Waals surface area contributed by atoms with Gasteiger partial charge in [-0.25, -0.2) is 0 Å². The standard InChI is InChI=1S/C34H39ClN2O4/c1-7-37-24-15-33(3,4)17-26(38)31(24)30(32-25(37)16-34(5,6)18-27(32)39)22-14-21(35)12-13-28(22)41-19-29(40)36-23-11-9-8-10-20(23)2/h8-14,30H,7,15-19H2,1-6H3,(H,36,40). The fourth-order valence-corrected chi connectivity index (χ4v) is 6.84. The van der Waals surface area contributed by atoms with Crippen molar-refractivity contribution < 1.29 is 19.1 Å². The summed E-state index contributed by atoms with van der Waals surface area (Å²) in [6.45, 7) is 13.0. The molecule has 7 heteroatoms. The molecular formula is C34H39ClN2O4. The summed E-state index contributed by atoms with van der Waals surface area (Å²) in [5, 5.41) is 3.38. The quantitative estimate of drug-likeness (QED) is 0.390. The number of ketones is 2. The average molecular weight is 575 g/mol. The molecule has 0 fully saturated rings. The Labute approximate surface area is 247 Å². The first-order valence-corrected chi connectivity index (χ1v) is 14.8. The van der Waals surface area contributed by atoms with Gasteiger partial charge in [0.05, 0.1) is 0 Å². The number of anilines is 1. The smallest absolute Gasteiger partial charge is 0.262 e. The van der Waals surface area contributed by atoms with Crippen LogP contribution < -0.4 is 10.1 Å². The number of nitrogens with zero attached hydrogens (tertiary/aromatic N) is 1. The first-order valence-electron chi connectivity index (χ1n) is 14.4. The number of aryl methyl sites for hydroxylation is 1. The second kappa shape index (κ2) is 10.8. The van der Waals surface area contributed by atoms with Gasteiger partial charge in [0.1, 0.15) is 5.75 Å². The Morgan fingerprint density at radius 3 is 2.10 bits per heavy atom. The molecule has 0 spiro atoms. The van der Waals surface area contributed by atoms with Crippen LogP contribution in [0, 0.1) is 17.8 Å². The van der Waals surface area contributed by atoms with Gasteiger partial charge in [0, 0.05) is 64.1 Å². The summed E-state index contributed by atoms with van der Waals surface area (Å²) in [5.41, 5.74) is 5.24. The van der Waals surface area contributed by atoms with Gasteiger partial charge in [-0.05, 0) is 67.3 Å². The Hall–Kier alpha value is -3.38. The lowest BCUT2D eigenvalue weighted by Gasteiger charge is -2.49. The summed E-state index contributed by atoms with van der Waals surface area (Å²) in [4.78, 5) is 43.0. The molecule has 0 saturated heterocycles. The van der Waals surface area contributed by atoms with Crippen LogP contribution in [0.5, 0.6) is 5.75 Å². The van der Waals surface area contributed by atoms with Crippen molar-refractivity contribution in [3.8, 4) is 5.75 Å². The van der Waals surface area contributed by atoms with Crippen LogP contribution in [0.25, 0.3) is 0 Å². The number of halogens is 1. The maximum absolute atomic E-state index is 13.9. The van der Waals surface area contributed by atoms with Gasteiger partial charge in [-0.15, -0.1) is 0 Å². The number of benzene rings is 2. The number of hydrogen-bond acceptors (Lipinski definition) is 5. The van der Waals surface area contributed by atoms with Gasteiger partial charge in [-0.1, -0.05) is 57.5 Å². The second-order valence-corrected chi connectivity index (χ2v) is 13.6. The van der Waals surface area contributed by atoms with E-state index >= 15 is 0 Å². The molecule has 0 unspecified atom stereocenters. The summed E-state index contributed by atoms with van der Waals surface area (Å²) in [6.07, 6.45) is 2.27. The number of amides is 1. The molecule has 0 saturated carbocycles. The molecule has 0 atom stereocenters. The maximum Gasteiger partial charge on any atom is 0.262 e. The van der Waals surface area contributed by atoms with E-state index in [9.17, 15) is 14.4 Å². The van der Waals surface area contributed by atoms with Crippen LogP contribution in [0.3, 0.4) is 0 Å². The minimum Gasteiger partial charge on any atom is -0.483 e. The van der Waals surface area contributed by atoms with Gasteiger partial charge in [-0.3, -0.25) is 14.4 Å². The van der Waals surface area contributed by atoms with Crippen LogP contribution in [0.1, 0.15) is 77.3 Å². The Bertz CT molecular complexity index is 1450. The summed E-state index contributed by atoms with van der Waals surface area (Å²) < 4.78 is 6.13. The molecule has 1 heterocycles. The molecule has 2 aromatic rings. The molecule has 0 aromatic heterocycles. The highest BCUT2D eigenvalue weighted by Crippen LogP contribution is 2.55. The number of nitrogens with one attached hydrogen (secondary N) is 1. The zero-order valence-corrected chi connectivity index (χ0v) is 25.6. The number of para-hydroxylation sites is 1. The number of carbonyl (C=O) groups is 3. The summed E-state index contributed by atoms with van der Waals surface area (Å²) in [5.74, 6) is -0.354. The summed E-state index contributed by atoms with van der Waals surface area (Å²) in [7, 11) is 0. The molecule has 5 rings (SSSR count). The molecule has 1 N–H and O–H groups in total. The zero-order chi connectivity index (χ0) is 29.7. The number of allylic oxidation sites excluding steroid dienone is 4. The van der Waals surface area contributed by atoms with Crippen LogP contribution in [0.2, 0.25) is 5.02 Å². The summed E-state index contributed by atoms with van der Waals surface area (Å²) >= 11 is 6.55. The van der Waals surface area contributed by atoms with E-state index in [0.29, 0.717) is 46.9 Å². The molecule has 1 aliphatic heterocycles. The molecule has 0 radical (unpaired) electrons. The number of hydrogen-bond donors (Lipinski definition) is 1. The van der Waals surface area contributed by atoms with Crippen LogP contribution in [0.4, 0.5) is 5.69 Å². The van der Waals surface area contributed by atoms with E-state index in [4.69, 9.17) is 16.3 Å². The normalized spacial score (nSPS) is 20.1. The molecule has 2 aromatic carbocycles. The third-order valence-electron chi connectivity index (χ3n) is 8.40. The topological polar surface area (TPSA) is 75.7 Å². The Morgan fingerprint density at radius 2 is 1.54 bits per heavy atom. The molecule has 41 heavy (non-hydrogen) atoms. The molecular weight excluding hydrogens is 536 g/mol. The van der Waals surface area contributed by atoms with Crippen molar-refractivity contribution in [1.82, 2.24) is 4.90 Å². The van der Waals surface area contributed by atoms with Gasteiger partial charge in [-0.2, -0.15) is 0 Å². The SMILES string of the molecule is CCN1C2=C(C(=O)CC(C)(C)C2)C(c2cc(Cl)ccc2OCC(=O)Nc2ccccc2C)C2=C1CC(C)(C)CC2=O. The van der Waals surface area contributed by atoms with Crippen LogP contribution >= 0.6 is 11.6 Å². The Kier molecular flexibility index (Phi) is 7.66. The van der Waals surface area contributed by atoms with Crippen molar-refractivity contribution in [3.05, 3.63) is 81.2 Å². The molecule has 6 nitrogen and oxygen atoms in total. The first-order chi connectivity index (χ1) is 19.3. The molecule has 3 aliphatic rings. The fourth-order valence-electron chi connectivity index (χ4n) is 6.66. The van der Waals surface area contributed by atoms with Gasteiger partial charge in [0.15, 0.2) is 18.2 Å². The van der Waals surface area contributed by atoms with Crippen molar-refractivity contribution >= 4 is 34.8 Å². The van der Waals surface area contributed by atoms with E-state index in [2.05, 4.69) is 44.8 Å². The number of Topliss-reactive ketones (excluding diaryl/α,β-unsaturated/α-hetero) is 2. The molecule has 1 amide bonds. The van der Waals surface area contributed by atoms with Crippen molar-refractivity contribution in [2.45, 2.75) is 73.1 Å². The van der Waals surface area contributed by atoms with E-state index in [0.717, 1.165) is 35.5 Å². The predicted octanol–water partition coefficient (Wildman–Crippen LogP) is 7.37. The first kappa shape index (κ1) is 29.1. The Morgan fingerprint density at radius 1 is 0.951 bits per heavy atom. The van der Waals surface area contributed by atoms with E-state index in [1.165, 1.54) is 0 Å². The van der Waals surface area contributed by atoms with Gasteiger partial charge < -0.3 is 15.0 Å². The lowest BCUT2D eigenvalue weighted by Crippen LogP contribution is -2.44. The minimum absolute atomic E-state index is 0.0482. The van der Waals surface area contributed by atoms with Gasteiger partial charge >= 0.3 is 0 Å². The highest BCUT2D eigenvalue weighted by molar-refractivity contribution is 6.30. The number of ether oxygens (including phenoxy) is 1. The van der Waals surface area contributed by atoms with Crippen molar-refractivity contribution in [2.24, 2.45) is 10.8 Å². The van der Waals surface area contributed by atoms with Crippen LogP contribution in [-0.2, 0) is 14.4 Å². The van der Waals surface area contributed by atoms with E-state index in [1.54, 1.807) is 18.2 Å². The highest BCUT2D eigenvalue weighted by atomic mass is 35.5. The summed E-state index contributed by atoms with van der Waals surface area (Å²) in [6, 6.07) is 12.8. The van der Waals surface area contributed by atoms with E-state index < -0.39 is 5.92 Å². The molecule has 0 bridgehead atoms. The lowest BCUT2D eigenvalue weighted by atomic mass is 9.63. The maximum atomic E-state index is 13.9. The largest absolute Gasteiger partial charge is 0.483 e. The predicted molar refractivity (Wildman–Crippen MR) is 162 cm³/mol. The van der Waals surface area contributed by atoms with Crippen LogP contribution in [0.15, 0.2) is 65.0 Å². The second-order valence-electron chi connectivity index (χ2n) is 13.1. The lowest BCUT2D eigenvalue weighted by molar-refractivity contribution is -0.120. The van der Waals surface area contributed by atoms with Gasteiger partial charge in [0.2, 0.25) is 0 Å². The Balaban J connectivity index is 1.60. The minimum atomic E-state index is -0.594. The van der Waals surface area contributed by atoms with Gasteiger partial charge in [0.25, 0.3) is 5.91 Å². The molecule has 2 aliphatic carbocycles. The highest BCUT2D eigenvalue weighted by Gasteiger charge is 2.49.